The van der Waals surface area contributed by atoms with Gasteiger partial charge in [-0.3, -0.25) is 9.59 Å². The Balaban J connectivity index is 2.27. The van der Waals surface area contributed by atoms with E-state index in [9.17, 15) is 9.59 Å². The van der Waals surface area contributed by atoms with E-state index < -0.39 is 11.5 Å². The van der Waals surface area contributed by atoms with Crippen molar-refractivity contribution in [2.45, 2.75) is 6.92 Å². The van der Waals surface area contributed by atoms with Crippen LogP contribution in [0.25, 0.3) is 0 Å². The minimum absolute atomic E-state index is 0.0571. The zero-order valence-electron chi connectivity index (χ0n) is 9.53. The number of aryl methyl sites for hydroxylation is 1. The molecule has 0 atom stereocenters. The van der Waals surface area contributed by atoms with E-state index in [1.807, 2.05) is 13.0 Å². The normalized spacial score (nSPS) is 10.1. The maximum Gasteiger partial charge on any atom is 0.262 e. The molecule has 0 aliphatic rings. The van der Waals surface area contributed by atoms with Crippen molar-refractivity contribution >= 4 is 27.7 Å². The molecule has 0 aliphatic heterocycles. The number of anilines is 1. The number of rotatable bonds is 2. The van der Waals surface area contributed by atoms with Crippen molar-refractivity contribution in [2.75, 3.05) is 5.32 Å². The van der Waals surface area contributed by atoms with E-state index in [4.69, 9.17) is 0 Å². The first kappa shape index (κ1) is 12.5. The molecule has 6 heteroatoms. The van der Waals surface area contributed by atoms with Gasteiger partial charge in [0.1, 0.15) is 11.4 Å². The number of H-pyrrole nitrogens is 1. The zero-order valence-corrected chi connectivity index (χ0v) is 11.1. The summed E-state index contributed by atoms with van der Waals surface area (Å²) in [6.07, 6.45) is 3.06. The van der Waals surface area contributed by atoms with Crippen molar-refractivity contribution in [1.29, 1.82) is 0 Å². The van der Waals surface area contributed by atoms with E-state index in [2.05, 4.69) is 31.2 Å². The molecule has 0 saturated carbocycles. The number of aromatic nitrogens is 2. The molecule has 2 aromatic rings. The maximum atomic E-state index is 11.9. The van der Waals surface area contributed by atoms with Gasteiger partial charge in [0.25, 0.3) is 11.5 Å². The largest absolute Gasteiger partial charge is 0.328 e. The number of halogens is 1. The summed E-state index contributed by atoms with van der Waals surface area (Å²) >= 11 is 3.29. The number of hydrogen-bond acceptors (Lipinski definition) is 3. The lowest BCUT2D eigenvalue weighted by atomic mass is 10.2. The Bertz CT molecular complexity index is 652. The molecule has 0 aliphatic carbocycles. The first-order chi connectivity index (χ1) is 8.58. The van der Waals surface area contributed by atoms with Crippen molar-refractivity contribution < 1.29 is 4.79 Å². The van der Waals surface area contributed by atoms with Crippen LogP contribution in [0.1, 0.15) is 15.9 Å². The predicted octanol–water partition coefficient (Wildman–Crippen LogP) is 2.09. The van der Waals surface area contributed by atoms with Crippen molar-refractivity contribution in [3.05, 3.63) is 56.5 Å². The molecule has 92 valence electrons. The summed E-state index contributed by atoms with van der Waals surface area (Å²) < 4.78 is 0.829. The van der Waals surface area contributed by atoms with Crippen LogP contribution in [0.3, 0.4) is 0 Å². The van der Waals surface area contributed by atoms with Crippen LogP contribution in [0.2, 0.25) is 0 Å². The number of nitrogens with zero attached hydrogens (tertiary/aromatic N) is 1. The molecule has 0 spiro atoms. The molecule has 0 fully saturated rings. The number of nitrogens with one attached hydrogen (secondary N) is 2. The van der Waals surface area contributed by atoms with Crippen LogP contribution in [0.15, 0.2) is 39.9 Å². The highest BCUT2D eigenvalue weighted by Crippen LogP contribution is 2.16. The van der Waals surface area contributed by atoms with Crippen molar-refractivity contribution in [3.63, 3.8) is 0 Å². The van der Waals surface area contributed by atoms with E-state index in [1.54, 1.807) is 12.3 Å². The molecule has 0 unspecified atom stereocenters. The predicted molar refractivity (Wildman–Crippen MR) is 71.7 cm³/mol. The van der Waals surface area contributed by atoms with Gasteiger partial charge < -0.3 is 10.3 Å². The number of carbonyl (C=O) groups excluding carboxylic acids is 1. The molecular formula is C12H10BrN3O2. The molecule has 2 N–H and O–H groups in total. The SMILES string of the molecule is Cc1cc(Br)cnc1NC(=O)c1ccc[nH]c1=O. The topological polar surface area (TPSA) is 74.8 Å². The van der Waals surface area contributed by atoms with Gasteiger partial charge in [-0.15, -0.1) is 0 Å². The fraction of sp³-hybridized carbons (Fsp3) is 0.0833. The van der Waals surface area contributed by atoms with Crippen LogP contribution in [-0.4, -0.2) is 15.9 Å². The summed E-state index contributed by atoms with van der Waals surface area (Å²) in [6, 6.07) is 4.89. The van der Waals surface area contributed by atoms with E-state index >= 15 is 0 Å². The highest BCUT2D eigenvalue weighted by atomic mass is 79.9. The van der Waals surface area contributed by atoms with Gasteiger partial charge in [0.15, 0.2) is 0 Å². The van der Waals surface area contributed by atoms with Crippen LogP contribution >= 0.6 is 15.9 Å². The number of aromatic amines is 1. The molecule has 2 aromatic heterocycles. The van der Waals surface area contributed by atoms with Gasteiger partial charge in [-0.1, -0.05) is 0 Å². The summed E-state index contributed by atoms with van der Waals surface area (Å²) in [7, 11) is 0. The highest BCUT2D eigenvalue weighted by molar-refractivity contribution is 9.10. The van der Waals surface area contributed by atoms with Crippen LogP contribution in [0, 0.1) is 6.92 Å². The smallest absolute Gasteiger partial charge is 0.262 e. The van der Waals surface area contributed by atoms with Gasteiger partial charge in [-0.25, -0.2) is 4.98 Å². The zero-order chi connectivity index (χ0) is 13.1. The first-order valence-corrected chi connectivity index (χ1v) is 5.98. The Kier molecular flexibility index (Phi) is 3.57. The molecule has 0 radical (unpaired) electrons. The average Bonchev–Trinajstić information content (AvgIpc) is 2.33. The first-order valence-electron chi connectivity index (χ1n) is 5.19. The van der Waals surface area contributed by atoms with Gasteiger partial charge in [0.2, 0.25) is 0 Å². The second-order valence-corrected chi connectivity index (χ2v) is 4.60. The van der Waals surface area contributed by atoms with Crippen LogP contribution in [-0.2, 0) is 0 Å². The standard InChI is InChI=1S/C12H10BrN3O2/c1-7-5-8(13)6-15-10(7)16-12(18)9-3-2-4-14-11(9)17/h2-6H,1H3,(H,14,17)(H,15,16,18). The third kappa shape index (κ3) is 2.65. The van der Waals surface area contributed by atoms with Crippen LogP contribution < -0.4 is 10.9 Å². The Labute approximate surface area is 111 Å². The van der Waals surface area contributed by atoms with Gasteiger partial charge in [-0.05, 0) is 46.6 Å². The summed E-state index contributed by atoms with van der Waals surface area (Å²) in [6.45, 7) is 1.82. The lowest BCUT2D eigenvalue weighted by molar-refractivity contribution is 0.102. The molecule has 1 amide bonds. The second kappa shape index (κ2) is 5.14. The van der Waals surface area contributed by atoms with Crippen molar-refractivity contribution in [3.8, 4) is 0 Å². The number of amides is 1. The van der Waals surface area contributed by atoms with E-state index in [-0.39, 0.29) is 5.56 Å². The molecule has 5 nitrogen and oxygen atoms in total. The summed E-state index contributed by atoms with van der Waals surface area (Å²) in [4.78, 5) is 29.9. The van der Waals surface area contributed by atoms with Crippen LogP contribution in [0.4, 0.5) is 5.82 Å². The number of hydrogen-bond donors (Lipinski definition) is 2. The van der Waals surface area contributed by atoms with E-state index in [0.29, 0.717) is 5.82 Å². The second-order valence-electron chi connectivity index (χ2n) is 3.69. The third-order valence-corrected chi connectivity index (χ3v) is 2.77. The minimum Gasteiger partial charge on any atom is -0.328 e. The van der Waals surface area contributed by atoms with Crippen LogP contribution in [0.5, 0.6) is 0 Å². The van der Waals surface area contributed by atoms with Crippen molar-refractivity contribution in [2.24, 2.45) is 0 Å². The molecule has 2 heterocycles. The highest BCUT2D eigenvalue weighted by Gasteiger charge is 2.11. The molecule has 0 saturated heterocycles. The van der Waals surface area contributed by atoms with Crippen molar-refractivity contribution in [1.82, 2.24) is 9.97 Å². The maximum absolute atomic E-state index is 11.9. The minimum atomic E-state index is -0.477. The lowest BCUT2D eigenvalue weighted by Crippen LogP contribution is -2.23. The van der Waals surface area contributed by atoms with E-state index in [1.165, 1.54) is 12.3 Å². The molecule has 0 aromatic carbocycles. The fourth-order valence-corrected chi connectivity index (χ4v) is 1.89. The van der Waals surface area contributed by atoms with Gasteiger partial charge >= 0.3 is 0 Å². The Morgan fingerprint density at radius 3 is 2.94 bits per heavy atom. The summed E-state index contributed by atoms with van der Waals surface area (Å²) in [5.74, 6) is -0.0405. The summed E-state index contributed by atoms with van der Waals surface area (Å²) in [5, 5.41) is 2.60. The van der Waals surface area contributed by atoms with E-state index in [0.717, 1.165) is 10.0 Å². The third-order valence-electron chi connectivity index (χ3n) is 2.34. The average molecular weight is 308 g/mol. The molecule has 2 rings (SSSR count). The Morgan fingerprint density at radius 1 is 1.50 bits per heavy atom. The number of carbonyl (C=O) groups is 1. The molecule has 18 heavy (non-hydrogen) atoms. The summed E-state index contributed by atoms with van der Waals surface area (Å²) in [5.41, 5.74) is 0.441. The number of pyridine rings is 2. The lowest BCUT2D eigenvalue weighted by Gasteiger charge is -2.06. The van der Waals surface area contributed by atoms with Gasteiger partial charge in [0.05, 0.1) is 0 Å². The quantitative estimate of drug-likeness (QED) is 0.892. The van der Waals surface area contributed by atoms with Gasteiger partial charge in [-0.2, -0.15) is 0 Å². The Hall–Kier alpha value is -1.95. The molecule has 0 bridgehead atoms. The fourth-order valence-electron chi connectivity index (χ4n) is 1.45. The Morgan fingerprint density at radius 2 is 2.28 bits per heavy atom. The molecular weight excluding hydrogens is 298 g/mol. The van der Waals surface area contributed by atoms with Gasteiger partial charge in [0, 0.05) is 16.9 Å². The monoisotopic (exact) mass is 307 g/mol.